The van der Waals surface area contributed by atoms with Crippen molar-refractivity contribution in [2.24, 2.45) is 0 Å². The molecule has 0 spiro atoms. The van der Waals surface area contributed by atoms with Crippen molar-refractivity contribution in [3.8, 4) is 0 Å². The van der Waals surface area contributed by atoms with E-state index in [9.17, 15) is 4.79 Å². The molecule has 1 unspecified atom stereocenters. The fourth-order valence-electron chi connectivity index (χ4n) is 1.70. The average Bonchev–Trinajstić information content (AvgIpc) is 2.59. The number of carboxylic acid groups (broad SMARTS) is 1. The van der Waals surface area contributed by atoms with Crippen LogP contribution in [-0.2, 0) is 4.79 Å². The van der Waals surface area contributed by atoms with Crippen LogP contribution in [0, 0.1) is 0 Å². The summed E-state index contributed by atoms with van der Waals surface area (Å²) in [5, 5.41) is 8.72. The second kappa shape index (κ2) is 3.73. The lowest BCUT2D eigenvalue weighted by Crippen LogP contribution is -2.03. The van der Waals surface area contributed by atoms with E-state index in [-0.39, 0.29) is 12.3 Å². The van der Waals surface area contributed by atoms with Crippen molar-refractivity contribution in [3.05, 3.63) is 36.4 Å². The van der Waals surface area contributed by atoms with Crippen LogP contribution in [-0.4, -0.2) is 20.5 Å². The van der Waals surface area contributed by atoms with Gasteiger partial charge in [-0.15, -0.1) is 0 Å². The first-order valence-electron chi connectivity index (χ1n) is 4.82. The molecule has 78 valence electrons. The predicted molar refractivity (Wildman–Crippen MR) is 55.9 cm³/mol. The van der Waals surface area contributed by atoms with E-state index in [1.807, 2.05) is 35.7 Å². The molecule has 0 aliphatic carbocycles. The van der Waals surface area contributed by atoms with Crippen LogP contribution in [0.25, 0.3) is 5.52 Å². The van der Waals surface area contributed by atoms with E-state index in [0.29, 0.717) is 0 Å². The zero-order chi connectivity index (χ0) is 10.8. The number of nitrogens with zero attached hydrogens (tertiary/aromatic N) is 2. The van der Waals surface area contributed by atoms with Crippen LogP contribution >= 0.6 is 0 Å². The summed E-state index contributed by atoms with van der Waals surface area (Å²) in [6.45, 7) is 1.88. The van der Waals surface area contributed by atoms with Crippen LogP contribution in [0.4, 0.5) is 0 Å². The predicted octanol–water partition coefficient (Wildman–Crippen LogP) is 1.91. The molecule has 4 heteroatoms. The molecule has 0 aliphatic rings. The molecule has 1 atom stereocenters. The van der Waals surface area contributed by atoms with Crippen molar-refractivity contribution >= 4 is 11.5 Å². The van der Waals surface area contributed by atoms with Gasteiger partial charge in [-0.3, -0.25) is 4.79 Å². The number of aliphatic carboxylic acids is 1. The summed E-state index contributed by atoms with van der Waals surface area (Å²) in [6, 6.07) is 5.79. The molecule has 0 fully saturated rings. The number of rotatable bonds is 3. The van der Waals surface area contributed by atoms with Gasteiger partial charge in [0.15, 0.2) is 0 Å². The molecule has 0 aliphatic heterocycles. The van der Waals surface area contributed by atoms with E-state index in [4.69, 9.17) is 5.11 Å². The Hall–Kier alpha value is -1.84. The molecule has 2 aromatic heterocycles. The Morgan fingerprint density at radius 1 is 1.60 bits per heavy atom. The number of hydrogen-bond acceptors (Lipinski definition) is 2. The van der Waals surface area contributed by atoms with Gasteiger partial charge in [0.2, 0.25) is 0 Å². The summed E-state index contributed by atoms with van der Waals surface area (Å²) in [5.74, 6) is -0.852. The van der Waals surface area contributed by atoms with Gasteiger partial charge in [-0.05, 0) is 12.1 Å². The van der Waals surface area contributed by atoms with E-state index in [2.05, 4.69) is 4.98 Å². The van der Waals surface area contributed by atoms with Crippen molar-refractivity contribution in [3.63, 3.8) is 0 Å². The maximum atomic E-state index is 10.6. The molecule has 2 heterocycles. The van der Waals surface area contributed by atoms with Gasteiger partial charge < -0.3 is 9.51 Å². The number of carbonyl (C=O) groups is 1. The van der Waals surface area contributed by atoms with Crippen LogP contribution in [0.5, 0.6) is 0 Å². The van der Waals surface area contributed by atoms with E-state index >= 15 is 0 Å². The highest BCUT2D eigenvalue weighted by Crippen LogP contribution is 2.21. The Morgan fingerprint density at radius 2 is 2.40 bits per heavy atom. The fraction of sp³-hybridized carbons (Fsp3) is 0.273. The normalized spacial score (nSPS) is 12.9. The minimum absolute atomic E-state index is 0.0603. The smallest absolute Gasteiger partial charge is 0.304 e. The summed E-state index contributed by atoms with van der Waals surface area (Å²) < 4.78 is 1.90. The zero-order valence-corrected chi connectivity index (χ0v) is 8.42. The van der Waals surface area contributed by atoms with E-state index in [1.165, 1.54) is 0 Å². The first-order valence-corrected chi connectivity index (χ1v) is 4.82. The van der Waals surface area contributed by atoms with Crippen LogP contribution < -0.4 is 0 Å². The van der Waals surface area contributed by atoms with Crippen molar-refractivity contribution in [1.29, 1.82) is 0 Å². The van der Waals surface area contributed by atoms with E-state index < -0.39 is 5.97 Å². The molecule has 0 bridgehead atoms. The standard InChI is InChI=1S/C11H12N2O2/c1-8(6-10(14)15)11-9-4-2-3-5-13(9)7-12-11/h2-5,7-8H,6H2,1H3,(H,14,15). The van der Waals surface area contributed by atoms with Crippen molar-refractivity contribution in [2.45, 2.75) is 19.3 Å². The Labute approximate surface area is 87.2 Å². The monoisotopic (exact) mass is 204 g/mol. The number of pyridine rings is 1. The molecule has 0 radical (unpaired) electrons. The maximum Gasteiger partial charge on any atom is 0.304 e. The number of aromatic nitrogens is 2. The van der Waals surface area contributed by atoms with Gasteiger partial charge in [0.1, 0.15) is 0 Å². The third-order valence-corrected chi connectivity index (χ3v) is 2.42. The molecular weight excluding hydrogens is 192 g/mol. The number of hydrogen-bond donors (Lipinski definition) is 1. The van der Waals surface area contributed by atoms with E-state index in [0.717, 1.165) is 11.2 Å². The Kier molecular flexibility index (Phi) is 2.41. The van der Waals surface area contributed by atoms with Crippen LogP contribution in [0.3, 0.4) is 0 Å². The van der Waals surface area contributed by atoms with Crippen molar-refractivity contribution in [1.82, 2.24) is 9.38 Å². The van der Waals surface area contributed by atoms with Gasteiger partial charge in [-0.25, -0.2) is 4.98 Å². The van der Waals surface area contributed by atoms with Gasteiger partial charge in [-0.1, -0.05) is 13.0 Å². The highest BCUT2D eigenvalue weighted by Gasteiger charge is 2.15. The summed E-state index contributed by atoms with van der Waals surface area (Å²) in [7, 11) is 0. The SMILES string of the molecule is CC(CC(=O)O)c1ncn2ccccc12. The average molecular weight is 204 g/mol. The molecule has 2 aromatic rings. The van der Waals surface area contributed by atoms with Gasteiger partial charge >= 0.3 is 5.97 Å². The largest absolute Gasteiger partial charge is 0.481 e. The minimum atomic E-state index is -0.792. The molecule has 0 aromatic carbocycles. The highest BCUT2D eigenvalue weighted by molar-refractivity contribution is 5.68. The second-order valence-corrected chi connectivity index (χ2v) is 3.62. The minimum Gasteiger partial charge on any atom is -0.481 e. The molecule has 4 nitrogen and oxygen atoms in total. The summed E-state index contributed by atoms with van der Waals surface area (Å²) in [6.07, 6.45) is 3.73. The van der Waals surface area contributed by atoms with Crippen molar-refractivity contribution in [2.75, 3.05) is 0 Å². The van der Waals surface area contributed by atoms with Crippen LogP contribution in [0.2, 0.25) is 0 Å². The Balaban J connectivity index is 2.39. The fourth-order valence-corrected chi connectivity index (χ4v) is 1.70. The molecule has 2 rings (SSSR count). The molecule has 0 saturated heterocycles. The lowest BCUT2D eigenvalue weighted by Gasteiger charge is -2.05. The molecule has 1 N–H and O–H groups in total. The molecule has 0 amide bonds. The first kappa shape index (κ1) is 9.71. The summed E-state index contributed by atoms with van der Waals surface area (Å²) >= 11 is 0. The topological polar surface area (TPSA) is 54.6 Å². The lowest BCUT2D eigenvalue weighted by atomic mass is 10.0. The van der Waals surface area contributed by atoms with Gasteiger partial charge in [-0.2, -0.15) is 0 Å². The Morgan fingerprint density at radius 3 is 3.13 bits per heavy atom. The van der Waals surface area contributed by atoms with Crippen LogP contribution in [0.15, 0.2) is 30.7 Å². The first-order chi connectivity index (χ1) is 7.18. The van der Waals surface area contributed by atoms with Gasteiger partial charge in [0, 0.05) is 12.1 Å². The summed E-state index contributed by atoms with van der Waals surface area (Å²) in [5.41, 5.74) is 1.82. The molecule has 15 heavy (non-hydrogen) atoms. The third kappa shape index (κ3) is 1.83. The molecule has 0 saturated carbocycles. The quantitative estimate of drug-likeness (QED) is 0.830. The van der Waals surface area contributed by atoms with E-state index in [1.54, 1.807) is 6.33 Å². The summed E-state index contributed by atoms with van der Waals surface area (Å²) in [4.78, 5) is 14.9. The third-order valence-electron chi connectivity index (χ3n) is 2.42. The highest BCUT2D eigenvalue weighted by atomic mass is 16.4. The lowest BCUT2D eigenvalue weighted by molar-refractivity contribution is -0.137. The van der Waals surface area contributed by atoms with Gasteiger partial charge in [0.05, 0.1) is 24.0 Å². The number of imidazole rings is 1. The molecular formula is C11H12N2O2. The zero-order valence-electron chi connectivity index (χ0n) is 8.42. The van der Waals surface area contributed by atoms with Gasteiger partial charge in [0.25, 0.3) is 0 Å². The Bertz CT molecular complexity index is 490. The van der Waals surface area contributed by atoms with Crippen molar-refractivity contribution < 1.29 is 9.90 Å². The second-order valence-electron chi connectivity index (χ2n) is 3.62. The number of carboxylic acids is 1. The van der Waals surface area contributed by atoms with Crippen LogP contribution in [0.1, 0.15) is 25.0 Å². The number of fused-ring (bicyclic) bond motifs is 1. The maximum absolute atomic E-state index is 10.6.